The molecule has 0 spiro atoms. The van der Waals surface area contributed by atoms with Gasteiger partial charge in [-0.25, -0.2) is 4.98 Å². The molecule has 2 aromatic heterocycles. The molecule has 128 valence electrons. The predicted molar refractivity (Wildman–Crippen MR) is 105 cm³/mol. The van der Waals surface area contributed by atoms with E-state index < -0.39 is 0 Å². The fraction of sp³-hybridized carbons (Fsp3) is 0. The maximum absolute atomic E-state index is 12.8. The van der Waals surface area contributed by atoms with Gasteiger partial charge in [0.05, 0.1) is 10.7 Å². The number of fused-ring (bicyclic) bond motifs is 1. The van der Waals surface area contributed by atoms with Crippen molar-refractivity contribution in [1.29, 1.82) is 0 Å². The zero-order chi connectivity index (χ0) is 18.1. The molecule has 1 N–H and O–H groups in total. The van der Waals surface area contributed by atoms with E-state index in [2.05, 4.69) is 10.3 Å². The van der Waals surface area contributed by atoms with Crippen molar-refractivity contribution in [2.24, 2.45) is 0 Å². The van der Waals surface area contributed by atoms with Gasteiger partial charge in [-0.3, -0.25) is 4.79 Å². The van der Waals surface area contributed by atoms with Crippen LogP contribution >= 0.6 is 23.2 Å². The van der Waals surface area contributed by atoms with Crippen LogP contribution in [-0.4, -0.2) is 15.3 Å². The van der Waals surface area contributed by atoms with Crippen LogP contribution in [0.3, 0.4) is 0 Å². The number of hydrogen-bond acceptors (Lipinski definition) is 2. The zero-order valence-corrected chi connectivity index (χ0v) is 15.0. The zero-order valence-electron chi connectivity index (χ0n) is 13.5. The molecule has 6 heteroatoms. The van der Waals surface area contributed by atoms with Crippen LogP contribution in [0.15, 0.2) is 73.1 Å². The Balaban J connectivity index is 1.71. The van der Waals surface area contributed by atoms with Crippen LogP contribution in [0.4, 0.5) is 5.69 Å². The van der Waals surface area contributed by atoms with Gasteiger partial charge in [0.25, 0.3) is 5.91 Å². The minimum atomic E-state index is -0.210. The Hall–Kier alpha value is -2.82. The fourth-order valence-corrected chi connectivity index (χ4v) is 3.02. The Labute approximate surface area is 160 Å². The highest BCUT2D eigenvalue weighted by molar-refractivity contribution is 6.30. The molecule has 0 aliphatic carbocycles. The highest BCUT2D eigenvalue weighted by Gasteiger charge is 2.15. The third kappa shape index (κ3) is 3.29. The minimum absolute atomic E-state index is 0.210. The quantitative estimate of drug-likeness (QED) is 0.504. The molecule has 4 aromatic rings. The second-order valence-electron chi connectivity index (χ2n) is 5.75. The molecule has 0 fully saturated rings. The lowest BCUT2D eigenvalue weighted by molar-refractivity contribution is 0.102. The molecule has 4 nitrogen and oxygen atoms in total. The number of nitrogens with one attached hydrogen (secondary N) is 1. The van der Waals surface area contributed by atoms with Crippen LogP contribution in [0.25, 0.3) is 16.9 Å². The first-order chi connectivity index (χ1) is 12.6. The Bertz CT molecular complexity index is 1100. The van der Waals surface area contributed by atoms with Crippen molar-refractivity contribution in [2.45, 2.75) is 0 Å². The second kappa shape index (κ2) is 6.83. The molecule has 0 aliphatic heterocycles. The van der Waals surface area contributed by atoms with E-state index in [0.29, 0.717) is 27.0 Å². The van der Waals surface area contributed by atoms with Crippen LogP contribution in [0.2, 0.25) is 10.0 Å². The molecule has 1 amide bonds. The summed E-state index contributed by atoms with van der Waals surface area (Å²) in [5.41, 5.74) is 3.43. The number of aromatic nitrogens is 2. The van der Waals surface area contributed by atoms with Crippen molar-refractivity contribution in [1.82, 2.24) is 9.38 Å². The van der Waals surface area contributed by atoms with Crippen molar-refractivity contribution in [3.05, 3.63) is 88.7 Å². The van der Waals surface area contributed by atoms with E-state index in [1.807, 2.05) is 34.9 Å². The van der Waals surface area contributed by atoms with Crippen LogP contribution in [-0.2, 0) is 0 Å². The molecule has 26 heavy (non-hydrogen) atoms. The molecular weight excluding hydrogens is 369 g/mol. The first kappa shape index (κ1) is 16.6. The van der Waals surface area contributed by atoms with E-state index >= 15 is 0 Å². The molecular formula is C20H13Cl2N3O. The third-order valence-electron chi connectivity index (χ3n) is 3.96. The Morgan fingerprint density at radius 1 is 0.885 bits per heavy atom. The molecule has 0 unspecified atom stereocenters. The van der Waals surface area contributed by atoms with Crippen LogP contribution in [0.1, 0.15) is 10.4 Å². The average Bonchev–Trinajstić information content (AvgIpc) is 3.06. The standard InChI is InChI=1S/C20H13Cl2N3O/c21-13-5-8-15(9-6-13)23-20(26)17-4-2-1-3-16(17)18-12-25-11-14(22)7-10-19(25)24-18/h1-12H,(H,23,26). The molecule has 0 aliphatic rings. The van der Waals surface area contributed by atoms with Gasteiger partial charge < -0.3 is 9.72 Å². The van der Waals surface area contributed by atoms with Crippen molar-refractivity contribution < 1.29 is 4.79 Å². The van der Waals surface area contributed by atoms with Gasteiger partial charge in [-0.2, -0.15) is 0 Å². The maximum atomic E-state index is 12.8. The average molecular weight is 382 g/mol. The molecule has 0 bridgehead atoms. The summed E-state index contributed by atoms with van der Waals surface area (Å²) in [6.07, 6.45) is 3.64. The summed E-state index contributed by atoms with van der Waals surface area (Å²) in [6.45, 7) is 0. The summed E-state index contributed by atoms with van der Waals surface area (Å²) >= 11 is 11.9. The van der Waals surface area contributed by atoms with E-state index in [1.54, 1.807) is 42.6 Å². The van der Waals surface area contributed by atoms with Gasteiger partial charge in [0.15, 0.2) is 0 Å². The van der Waals surface area contributed by atoms with E-state index in [-0.39, 0.29) is 5.91 Å². The monoisotopic (exact) mass is 381 g/mol. The molecule has 0 atom stereocenters. The van der Waals surface area contributed by atoms with Gasteiger partial charge in [-0.15, -0.1) is 0 Å². The van der Waals surface area contributed by atoms with Gasteiger partial charge in [0.2, 0.25) is 0 Å². The summed E-state index contributed by atoms with van der Waals surface area (Å²) in [7, 11) is 0. The van der Waals surface area contributed by atoms with Crippen molar-refractivity contribution >= 4 is 40.4 Å². The number of pyridine rings is 1. The van der Waals surface area contributed by atoms with Gasteiger partial charge in [-0.1, -0.05) is 41.4 Å². The number of hydrogen-bond donors (Lipinski definition) is 1. The SMILES string of the molecule is O=C(Nc1ccc(Cl)cc1)c1ccccc1-c1cn2cc(Cl)ccc2n1. The molecule has 0 saturated carbocycles. The first-order valence-electron chi connectivity index (χ1n) is 7.91. The lowest BCUT2D eigenvalue weighted by atomic mass is 10.0. The summed E-state index contributed by atoms with van der Waals surface area (Å²) in [4.78, 5) is 17.4. The molecule has 4 rings (SSSR count). The topological polar surface area (TPSA) is 46.4 Å². The van der Waals surface area contributed by atoms with Gasteiger partial charge in [-0.05, 0) is 42.5 Å². The second-order valence-corrected chi connectivity index (χ2v) is 6.62. The van der Waals surface area contributed by atoms with Crippen molar-refractivity contribution in [3.8, 4) is 11.3 Å². The van der Waals surface area contributed by atoms with E-state index in [4.69, 9.17) is 23.2 Å². The Kier molecular flexibility index (Phi) is 4.37. The number of nitrogens with zero attached hydrogens (tertiary/aromatic N) is 2. The maximum Gasteiger partial charge on any atom is 0.256 e. The van der Waals surface area contributed by atoms with E-state index in [9.17, 15) is 4.79 Å². The van der Waals surface area contributed by atoms with Gasteiger partial charge in [0.1, 0.15) is 5.65 Å². The van der Waals surface area contributed by atoms with Crippen molar-refractivity contribution in [2.75, 3.05) is 5.32 Å². The Morgan fingerprint density at radius 2 is 1.62 bits per heavy atom. The van der Waals surface area contributed by atoms with E-state index in [1.165, 1.54) is 0 Å². The smallest absolute Gasteiger partial charge is 0.256 e. The largest absolute Gasteiger partial charge is 0.322 e. The van der Waals surface area contributed by atoms with E-state index in [0.717, 1.165) is 11.2 Å². The van der Waals surface area contributed by atoms with Gasteiger partial charge >= 0.3 is 0 Å². The number of rotatable bonds is 3. The fourth-order valence-electron chi connectivity index (χ4n) is 2.73. The van der Waals surface area contributed by atoms with Crippen LogP contribution < -0.4 is 5.32 Å². The number of carbonyl (C=O) groups excluding carboxylic acids is 1. The number of imidazole rings is 1. The number of amides is 1. The summed E-state index contributed by atoms with van der Waals surface area (Å²) in [5.74, 6) is -0.210. The first-order valence-corrected chi connectivity index (χ1v) is 8.66. The Morgan fingerprint density at radius 3 is 2.42 bits per heavy atom. The van der Waals surface area contributed by atoms with Gasteiger partial charge in [0, 0.05) is 34.2 Å². The third-order valence-corrected chi connectivity index (χ3v) is 4.44. The number of halogens is 2. The van der Waals surface area contributed by atoms with Crippen LogP contribution in [0.5, 0.6) is 0 Å². The van der Waals surface area contributed by atoms with Crippen molar-refractivity contribution in [3.63, 3.8) is 0 Å². The normalized spacial score (nSPS) is 10.8. The minimum Gasteiger partial charge on any atom is -0.322 e. The lowest BCUT2D eigenvalue weighted by Crippen LogP contribution is -2.13. The number of anilines is 1. The molecule has 2 aromatic carbocycles. The highest BCUT2D eigenvalue weighted by Crippen LogP contribution is 2.25. The molecule has 0 saturated heterocycles. The molecule has 0 radical (unpaired) electrons. The predicted octanol–water partition coefficient (Wildman–Crippen LogP) is 5.56. The summed E-state index contributed by atoms with van der Waals surface area (Å²) < 4.78 is 1.84. The summed E-state index contributed by atoms with van der Waals surface area (Å²) in [5, 5.41) is 4.12. The van der Waals surface area contributed by atoms with Crippen LogP contribution in [0, 0.1) is 0 Å². The number of carbonyl (C=O) groups is 1. The highest BCUT2D eigenvalue weighted by atomic mass is 35.5. The summed E-state index contributed by atoms with van der Waals surface area (Å²) in [6, 6.07) is 18.0. The lowest BCUT2D eigenvalue weighted by Gasteiger charge is -2.09. The molecule has 2 heterocycles. The number of benzene rings is 2.